The third kappa shape index (κ3) is 2.52. The molecule has 0 spiro atoms. The van der Waals surface area contributed by atoms with Gasteiger partial charge in [-0.05, 0) is 42.5 Å². The van der Waals surface area contributed by atoms with E-state index in [9.17, 15) is 4.39 Å². The Bertz CT molecular complexity index is 785. The number of ether oxygens (including phenoxy) is 2. The van der Waals surface area contributed by atoms with Gasteiger partial charge in [0, 0.05) is 17.0 Å². The molecule has 0 aliphatic carbocycles. The molecule has 3 aromatic rings. The van der Waals surface area contributed by atoms with Crippen LogP contribution in [0.3, 0.4) is 0 Å². The number of nitrogens with zero attached hydrogens (tertiary/aromatic N) is 1. The minimum absolute atomic E-state index is 0.306. The molecule has 0 N–H and O–H groups in total. The molecule has 0 radical (unpaired) electrons. The number of methoxy groups -OCH3 is 2. The monoisotopic (exact) mass is 283 g/mol. The molecule has 3 nitrogen and oxygen atoms in total. The minimum Gasteiger partial charge on any atom is -0.497 e. The maximum Gasteiger partial charge on any atom is 0.130 e. The number of halogens is 1. The van der Waals surface area contributed by atoms with Crippen LogP contribution in [0.5, 0.6) is 11.5 Å². The number of aromatic nitrogens is 1. The Balaban J connectivity index is 2.16. The van der Waals surface area contributed by atoms with Crippen LogP contribution in [0.25, 0.3) is 22.2 Å². The van der Waals surface area contributed by atoms with E-state index in [2.05, 4.69) is 4.98 Å². The first-order chi connectivity index (χ1) is 10.2. The van der Waals surface area contributed by atoms with Gasteiger partial charge in [-0.2, -0.15) is 0 Å². The average Bonchev–Trinajstić information content (AvgIpc) is 2.54. The fourth-order valence-electron chi connectivity index (χ4n) is 2.25. The van der Waals surface area contributed by atoms with Gasteiger partial charge >= 0.3 is 0 Å². The predicted molar refractivity (Wildman–Crippen MR) is 80.2 cm³/mol. The van der Waals surface area contributed by atoms with Crippen molar-refractivity contribution in [1.82, 2.24) is 4.98 Å². The van der Waals surface area contributed by atoms with Crippen LogP contribution in [0.15, 0.2) is 48.5 Å². The van der Waals surface area contributed by atoms with Gasteiger partial charge in [0.25, 0.3) is 0 Å². The fraction of sp³-hybridized carbons (Fsp3) is 0.118. The third-order valence-corrected chi connectivity index (χ3v) is 3.34. The second-order valence-corrected chi connectivity index (χ2v) is 4.60. The van der Waals surface area contributed by atoms with Crippen molar-refractivity contribution in [1.29, 1.82) is 0 Å². The van der Waals surface area contributed by atoms with Crippen LogP contribution >= 0.6 is 0 Å². The van der Waals surface area contributed by atoms with E-state index < -0.39 is 0 Å². The Kier molecular flexibility index (Phi) is 3.44. The average molecular weight is 283 g/mol. The van der Waals surface area contributed by atoms with E-state index >= 15 is 0 Å². The summed E-state index contributed by atoms with van der Waals surface area (Å²) >= 11 is 0. The molecular weight excluding hydrogens is 269 g/mol. The van der Waals surface area contributed by atoms with E-state index in [0.717, 1.165) is 17.0 Å². The zero-order valence-electron chi connectivity index (χ0n) is 11.8. The molecule has 0 saturated carbocycles. The van der Waals surface area contributed by atoms with Crippen molar-refractivity contribution < 1.29 is 13.9 Å². The summed E-state index contributed by atoms with van der Waals surface area (Å²) in [6.07, 6.45) is 0. The van der Waals surface area contributed by atoms with Gasteiger partial charge in [0.15, 0.2) is 0 Å². The Labute approximate surface area is 122 Å². The van der Waals surface area contributed by atoms with E-state index in [1.807, 2.05) is 30.3 Å². The maximum atomic E-state index is 13.4. The van der Waals surface area contributed by atoms with Crippen molar-refractivity contribution in [3.8, 4) is 22.8 Å². The zero-order chi connectivity index (χ0) is 14.8. The minimum atomic E-state index is -0.306. The molecule has 3 rings (SSSR count). The SMILES string of the molecule is COc1ccc(-c2cc(OC)c3cc(F)ccc3n2)cc1. The van der Waals surface area contributed by atoms with Gasteiger partial charge in [-0.1, -0.05) is 0 Å². The molecule has 1 aromatic heterocycles. The summed E-state index contributed by atoms with van der Waals surface area (Å²) in [6.45, 7) is 0. The van der Waals surface area contributed by atoms with E-state index in [0.29, 0.717) is 16.7 Å². The molecule has 106 valence electrons. The van der Waals surface area contributed by atoms with Crippen molar-refractivity contribution >= 4 is 10.9 Å². The van der Waals surface area contributed by atoms with Crippen LogP contribution in [0.4, 0.5) is 4.39 Å². The summed E-state index contributed by atoms with van der Waals surface area (Å²) in [7, 11) is 3.19. The first kappa shape index (κ1) is 13.4. The molecule has 0 fully saturated rings. The molecule has 1 heterocycles. The van der Waals surface area contributed by atoms with Crippen LogP contribution in [0.2, 0.25) is 0 Å². The molecule has 21 heavy (non-hydrogen) atoms. The van der Waals surface area contributed by atoms with Crippen LogP contribution in [-0.2, 0) is 0 Å². The van der Waals surface area contributed by atoms with Crippen molar-refractivity contribution in [2.75, 3.05) is 14.2 Å². The summed E-state index contributed by atoms with van der Waals surface area (Å²) in [4.78, 5) is 4.56. The molecule has 0 atom stereocenters. The van der Waals surface area contributed by atoms with Crippen LogP contribution < -0.4 is 9.47 Å². The number of rotatable bonds is 3. The lowest BCUT2D eigenvalue weighted by Crippen LogP contribution is -1.92. The second kappa shape index (κ2) is 5.40. The quantitative estimate of drug-likeness (QED) is 0.726. The molecular formula is C17H14FNO2. The predicted octanol–water partition coefficient (Wildman–Crippen LogP) is 4.06. The highest BCUT2D eigenvalue weighted by molar-refractivity contribution is 5.88. The van der Waals surface area contributed by atoms with Crippen molar-refractivity contribution in [3.05, 3.63) is 54.3 Å². The standard InChI is InChI=1S/C17H14FNO2/c1-20-13-6-3-11(4-7-13)16-10-17(21-2)14-9-12(18)5-8-15(14)19-16/h3-10H,1-2H3. The fourth-order valence-corrected chi connectivity index (χ4v) is 2.25. The molecule has 0 saturated heterocycles. The lowest BCUT2D eigenvalue weighted by Gasteiger charge is -2.09. The van der Waals surface area contributed by atoms with Crippen molar-refractivity contribution in [2.45, 2.75) is 0 Å². The number of hydrogen-bond acceptors (Lipinski definition) is 3. The summed E-state index contributed by atoms with van der Waals surface area (Å²) < 4.78 is 23.9. The van der Waals surface area contributed by atoms with Gasteiger partial charge in [0.05, 0.1) is 25.4 Å². The first-order valence-electron chi connectivity index (χ1n) is 6.50. The number of fused-ring (bicyclic) bond motifs is 1. The van der Waals surface area contributed by atoms with Gasteiger partial charge in [0.1, 0.15) is 17.3 Å². The van der Waals surface area contributed by atoms with Gasteiger partial charge in [-0.25, -0.2) is 9.37 Å². The molecule has 4 heteroatoms. The van der Waals surface area contributed by atoms with Crippen molar-refractivity contribution in [2.24, 2.45) is 0 Å². The Morgan fingerprint density at radius 2 is 1.67 bits per heavy atom. The van der Waals surface area contributed by atoms with E-state index in [4.69, 9.17) is 9.47 Å². The highest BCUT2D eigenvalue weighted by atomic mass is 19.1. The van der Waals surface area contributed by atoms with Crippen LogP contribution in [0, 0.1) is 5.82 Å². The maximum absolute atomic E-state index is 13.4. The summed E-state index contributed by atoms with van der Waals surface area (Å²) in [5.74, 6) is 1.08. The number of hydrogen-bond donors (Lipinski definition) is 0. The Morgan fingerprint density at radius 3 is 2.33 bits per heavy atom. The molecule has 0 aliphatic rings. The first-order valence-corrected chi connectivity index (χ1v) is 6.50. The molecule has 0 amide bonds. The normalized spacial score (nSPS) is 10.6. The summed E-state index contributed by atoms with van der Waals surface area (Å²) in [6, 6.07) is 13.9. The number of pyridine rings is 1. The molecule has 0 bridgehead atoms. The van der Waals surface area contributed by atoms with E-state index in [1.165, 1.54) is 12.1 Å². The van der Waals surface area contributed by atoms with Crippen LogP contribution in [0.1, 0.15) is 0 Å². The van der Waals surface area contributed by atoms with Crippen LogP contribution in [-0.4, -0.2) is 19.2 Å². The summed E-state index contributed by atoms with van der Waals surface area (Å²) in [5.41, 5.74) is 2.41. The number of benzene rings is 2. The van der Waals surface area contributed by atoms with E-state index in [-0.39, 0.29) is 5.82 Å². The van der Waals surface area contributed by atoms with Gasteiger partial charge in [-0.15, -0.1) is 0 Å². The van der Waals surface area contributed by atoms with Gasteiger partial charge in [0.2, 0.25) is 0 Å². The molecule has 2 aromatic carbocycles. The zero-order valence-corrected chi connectivity index (χ0v) is 11.8. The third-order valence-electron chi connectivity index (χ3n) is 3.34. The lowest BCUT2D eigenvalue weighted by molar-refractivity contribution is 0.415. The summed E-state index contributed by atoms with van der Waals surface area (Å²) in [5, 5.41) is 0.662. The Morgan fingerprint density at radius 1 is 0.905 bits per heavy atom. The second-order valence-electron chi connectivity index (χ2n) is 4.60. The van der Waals surface area contributed by atoms with E-state index in [1.54, 1.807) is 20.3 Å². The lowest BCUT2D eigenvalue weighted by atomic mass is 10.1. The topological polar surface area (TPSA) is 31.4 Å². The largest absolute Gasteiger partial charge is 0.497 e. The van der Waals surface area contributed by atoms with Crippen molar-refractivity contribution in [3.63, 3.8) is 0 Å². The molecule has 0 unspecified atom stereocenters. The smallest absolute Gasteiger partial charge is 0.130 e. The molecule has 0 aliphatic heterocycles. The Hall–Kier alpha value is -2.62. The highest BCUT2D eigenvalue weighted by Gasteiger charge is 2.09. The van der Waals surface area contributed by atoms with Gasteiger partial charge < -0.3 is 9.47 Å². The van der Waals surface area contributed by atoms with Gasteiger partial charge in [-0.3, -0.25) is 0 Å². The highest BCUT2D eigenvalue weighted by Crippen LogP contribution is 2.30.